The maximum atomic E-state index is 5.89. The van der Waals surface area contributed by atoms with Crippen LogP contribution in [0.4, 0.5) is 0 Å². The van der Waals surface area contributed by atoms with Crippen molar-refractivity contribution in [1.82, 2.24) is 0 Å². The van der Waals surface area contributed by atoms with Gasteiger partial charge in [0.25, 0.3) is 0 Å². The van der Waals surface area contributed by atoms with Gasteiger partial charge < -0.3 is 5.73 Å². The van der Waals surface area contributed by atoms with Crippen LogP contribution in [0.25, 0.3) is 0 Å². The van der Waals surface area contributed by atoms with Gasteiger partial charge in [0.2, 0.25) is 0 Å². The Hall–Kier alpha value is -0.960. The van der Waals surface area contributed by atoms with Gasteiger partial charge in [0.1, 0.15) is 0 Å². The number of aryl methyl sites for hydroxylation is 1. The average Bonchev–Trinajstić information content (AvgIpc) is 2.40. The van der Waals surface area contributed by atoms with Gasteiger partial charge in [0, 0.05) is 21.7 Å². The van der Waals surface area contributed by atoms with Crippen LogP contribution in [0.2, 0.25) is 5.02 Å². The quantitative estimate of drug-likeness (QED) is 0.801. The van der Waals surface area contributed by atoms with Crippen molar-refractivity contribution < 1.29 is 0 Å². The summed E-state index contributed by atoms with van der Waals surface area (Å²) in [5.74, 6) is 0.962. The largest absolute Gasteiger partial charge is 0.328 e. The van der Waals surface area contributed by atoms with Crippen LogP contribution in [-0.4, -0.2) is 6.04 Å². The van der Waals surface area contributed by atoms with E-state index in [9.17, 15) is 0 Å². The summed E-state index contributed by atoms with van der Waals surface area (Å²) in [6.07, 6.45) is 0.938. The van der Waals surface area contributed by atoms with Crippen LogP contribution >= 0.6 is 23.4 Å². The smallest absolute Gasteiger partial charge is 0.0406 e. The van der Waals surface area contributed by atoms with E-state index in [4.69, 9.17) is 17.3 Å². The lowest BCUT2D eigenvalue weighted by atomic mass is 10.0. The van der Waals surface area contributed by atoms with Gasteiger partial charge in [-0.05, 0) is 61.2 Å². The SMILES string of the molecule is Cc1cc(SCc2ccc(Cl)cc2)ccc1CC(C)N. The first-order chi connectivity index (χ1) is 9.54. The standard InChI is InChI=1S/C17H20ClNS/c1-12-9-17(8-5-15(12)10-13(2)19)20-11-14-3-6-16(18)7-4-14/h3-9,13H,10-11,19H2,1-2H3. The van der Waals surface area contributed by atoms with Gasteiger partial charge in [-0.1, -0.05) is 29.8 Å². The zero-order valence-electron chi connectivity index (χ0n) is 11.9. The van der Waals surface area contributed by atoms with E-state index in [1.165, 1.54) is 21.6 Å². The van der Waals surface area contributed by atoms with E-state index in [0.29, 0.717) is 0 Å². The molecule has 0 saturated carbocycles. The molecule has 2 rings (SSSR count). The third-order valence-corrected chi connectivity index (χ3v) is 4.49. The number of rotatable bonds is 5. The summed E-state index contributed by atoms with van der Waals surface area (Å²) in [6, 6.07) is 14.9. The number of nitrogens with two attached hydrogens (primary N) is 1. The van der Waals surface area contributed by atoms with Crippen molar-refractivity contribution in [1.29, 1.82) is 0 Å². The highest BCUT2D eigenvalue weighted by molar-refractivity contribution is 7.98. The summed E-state index contributed by atoms with van der Waals surface area (Å²) < 4.78 is 0. The van der Waals surface area contributed by atoms with Crippen LogP contribution < -0.4 is 5.73 Å². The third kappa shape index (κ3) is 4.55. The van der Waals surface area contributed by atoms with Gasteiger partial charge in [-0.3, -0.25) is 0 Å². The van der Waals surface area contributed by atoms with Crippen LogP contribution in [-0.2, 0) is 12.2 Å². The molecule has 0 aromatic heterocycles. The Balaban J connectivity index is 1.99. The molecule has 0 radical (unpaired) electrons. The maximum absolute atomic E-state index is 5.89. The minimum atomic E-state index is 0.210. The zero-order chi connectivity index (χ0) is 14.5. The van der Waals surface area contributed by atoms with Crippen molar-refractivity contribution in [3.63, 3.8) is 0 Å². The maximum Gasteiger partial charge on any atom is 0.0406 e. The van der Waals surface area contributed by atoms with E-state index in [-0.39, 0.29) is 6.04 Å². The predicted molar refractivity (Wildman–Crippen MR) is 89.5 cm³/mol. The lowest BCUT2D eigenvalue weighted by Crippen LogP contribution is -2.18. The van der Waals surface area contributed by atoms with Crippen molar-refractivity contribution in [2.45, 2.75) is 37.0 Å². The first-order valence-electron chi connectivity index (χ1n) is 6.77. The van der Waals surface area contributed by atoms with Gasteiger partial charge in [-0.15, -0.1) is 11.8 Å². The molecule has 1 nitrogen and oxygen atoms in total. The highest BCUT2D eigenvalue weighted by Crippen LogP contribution is 2.26. The van der Waals surface area contributed by atoms with Crippen LogP contribution in [0.3, 0.4) is 0 Å². The summed E-state index contributed by atoms with van der Waals surface area (Å²) in [5, 5.41) is 0.787. The van der Waals surface area contributed by atoms with Gasteiger partial charge in [0.15, 0.2) is 0 Å². The Morgan fingerprint density at radius 3 is 2.45 bits per heavy atom. The molecule has 0 amide bonds. The average molecular weight is 306 g/mol. The van der Waals surface area contributed by atoms with Gasteiger partial charge in [0.05, 0.1) is 0 Å². The van der Waals surface area contributed by atoms with E-state index >= 15 is 0 Å². The molecule has 2 aromatic rings. The molecule has 1 unspecified atom stereocenters. The second-order valence-electron chi connectivity index (χ2n) is 5.18. The van der Waals surface area contributed by atoms with Crippen LogP contribution in [0.5, 0.6) is 0 Å². The van der Waals surface area contributed by atoms with Crippen LogP contribution in [0, 0.1) is 6.92 Å². The molecule has 0 saturated heterocycles. The molecule has 0 bridgehead atoms. The van der Waals surface area contributed by atoms with Crippen molar-refractivity contribution in [2.75, 3.05) is 0 Å². The molecule has 3 heteroatoms. The second kappa shape index (κ2) is 7.16. The summed E-state index contributed by atoms with van der Waals surface area (Å²) in [7, 11) is 0. The van der Waals surface area contributed by atoms with Gasteiger partial charge in [-0.25, -0.2) is 0 Å². The number of halogens is 1. The normalized spacial score (nSPS) is 12.4. The molecule has 0 aliphatic heterocycles. The summed E-state index contributed by atoms with van der Waals surface area (Å²) in [4.78, 5) is 1.30. The monoisotopic (exact) mass is 305 g/mol. The number of benzene rings is 2. The fourth-order valence-electron chi connectivity index (χ4n) is 2.08. The van der Waals surface area contributed by atoms with Crippen LogP contribution in [0.1, 0.15) is 23.6 Å². The van der Waals surface area contributed by atoms with E-state index in [1.807, 2.05) is 30.8 Å². The molecule has 0 spiro atoms. The summed E-state index contributed by atoms with van der Waals surface area (Å²) in [6.45, 7) is 4.20. The van der Waals surface area contributed by atoms with Gasteiger partial charge >= 0.3 is 0 Å². The topological polar surface area (TPSA) is 26.0 Å². The van der Waals surface area contributed by atoms with Crippen molar-refractivity contribution >= 4 is 23.4 Å². The minimum Gasteiger partial charge on any atom is -0.328 e. The first kappa shape index (κ1) is 15.4. The Morgan fingerprint density at radius 2 is 1.85 bits per heavy atom. The van der Waals surface area contributed by atoms with E-state index in [0.717, 1.165) is 17.2 Å². The predicted octanol–water partition coefficient (Wildman–Crippen LogP) is 4.83. The third-order valence-electron chi connectivity index (χ3n) is 3.17. The van der Waals surface area contributed by atoms with Crippen molar-refractivity contribution in [2.24, 2.45) is 5.73 Å². The molecule has 0 fully saturated rings. The Kier molecular flexibility index (Phi) is 5.53. The minimum absolute atomic E-state index is 0.210. The van der Waals surface area contributed by atoms with Crippen molar-refractivity contribution in [3.8, 4) is 0 Å². The Labute approximate surface area is 130 Å². The van der Waals surface area contributed by atoms with Crippen LogP contribution in [0.15, 0.2) is 47.4 Å². The van der Waals surface area contributed by atoms with Crippen molar-refractivity contribution in [3.05, 3.63) is 64.2 Å². The second-order valence-corrected chi connectivity index (χ2v) is 6.67. The molecule has 2 N–H and O–H groups in total. The molecular weight excluding hydrogens is 286 g/mol. The molecule has 0 aliphatic carbocycles. The molecular formula is C17H20ClNS. The first-order valence-corrected chi connectivity index (χ1v) is 8.13. The van der Waals surface area contributed by atoms with E-state index < -0.39 is 0 Å². The fourth-order valence-corrected chi connectivity index (χ4v) is 3.16. The summed E-state index contributed by atoms with van der Waals surface area (Å²) in [5.41, 5.74) is 9.82. The molecule has 106 valence electrons. The molecule has 1 atom stereocenters. The molecule has 0 aliphatic rings. The molecule has 20 heavy (non-hydrogen) atoms. The highest BCUT2D eigenvalue weighted by atomic mass is 35.5. The number of hydrogen-bond donors (Lipinski definition) is 1. The molecule has 2 aromatic carbocycles. The lowest BCUT2D eigenvalue weighted by molar-refractivity contribution is 0.734. The Bertz CT molecular complexity index is 564. The van der Waals surface area contributed by atoms with Gasteiger partial charge in [-0.2, -0.15) is 0 Å². The van der Waals surface area contributed by atoms with E-state index in [1.54, 1.807) is 0 Å². The number of hydrogen-bond acceptors (Lipinski definition) is 2. The molecule has 0 heterocycles. The highest BCUT2D eigenvalue weighted by Gasteiger charge is 2.04. The lowest BCUT2D eigenvalue weighted by Gasteiger charge is -2.10. The zero-order valence-corrected chi connectivity index (χ0v) is 13.5. The fraction of sp³-hybridized carbons (Fsp3) is 0.294. The summed E-state index contributed by atoms with van der Waals surface area (Å²) >= 11 is 7.74. The number of thioether (sulfide) groups is 1. The Morgan fingerprint density at radius 1 is 1.15 bits per heavy atom. The van der Waals surface area contributed by atoms with E-state index in [2.05, 4.69) is 37.3 Å².